The van der Waals surface area contributed by atoms with Gasteiger partial charge in [0, 0.05) is 38.1 Å². The molecular formula is C23H28IN5O. The van der Waals surface area contributed by atoms with Crippen LogP contribution in [0, 0.1) is 5.92 Å². The molecule has 0 bridgehead atoms. The van der Waals surface area contributed by atoms with Crippen molar-refractivity contribution in [1.82, 2.24) is 20.4 Å². The molecular weight excluding hydrogens is 489 g/mol. The lowest BCUT2D eigenvalue weighted by Crippen LogP contribution is -2.36. The van der Waals surface area contributed by atoms with Gasteiger partial charge in [0.25, 0.3) is 0 Å². The van der Waals surface area contributed by atoms with Crippen LogP contribution in [-0.4, -0.2) is 29.4 Å². The number of halogens is 1. The molecule has 1 heterocycles. The average Bonchev–Trinajstić information content (AvgIpc) is 3.43. The van der Waals surface area contributed by atoms with Gasteiger partial charge in [-0.3, -0.25) is 4.99 Å². The monoisotopic (exact) mass is 517 g/mol. The van der Waals surface area contributed by atoms with Crippen LogP contribution in [0.15, 0.2) is 72.0 Å². The second kappa shape index (κ2) is 11.0. The van der Waals surface area contributed by atoms with Crippen molar-refractivity contribution >= 4 is 29.9 Å². The zero-order chi connectivity index (χ0) is 19.9. The van der Waals surface area contributed by atoms with Crippen LogP contribution < -0.4 is 15.4 Å². The Morgan fingerprint density at radius 1 is 1.10 bits per heavy atom. The zero-order valence-corrected chi connectivity index (χ0v) is 19.5. The van der Waals surface area contributed by atoms with E-state index in [9.17, 15) is 0 Å². The molecule has 30 heavy (non-hydrogen) atoms. The summed E-state index contributed by atoms with van der Waals surface area (Å²) in [6.07, 6.45) is 6.30. The molecule has 158 valence electrons. The summed E-state index contributed by atoms with van der Waals surface area (Å²) >= 11 is 0. The molecule has 4 rings (SSSR count). The van der Waals surface area contributed by atoms with Crippen LogP contribution in [0.2, 0.25) is 0 Å². The first-order valence-corrected chi connectivity index (χ1v) is 10.1. The number of benzene rings is 2. The largest absolute Gasteiger partial charge is 0.493 e. The van der Waals surface area contributed by atoms with Crippen molar-refractivity contribution in [2.45, 2.75) is 25.9 Å². The van der Waals surface area contributed by atoms with Gasteiger partial charge in [0.05, 0.1) is 12.3 Å². The Kier molecular flexibility index (Phi) is 8.12. The lowest BCUT2D eigenvalue weighted by atomic mass is 10.2. The SMILES string of the molecule is CN=C(NCc1cccc(-n2cccn2)c1)NCc1ccccc1OCC1CC1.I. The summed E-state index contributed by atoms with van der Waals surface area (Å²) in [7, 11) is 1.78. The van der Waals surface area contributed by atoms with Gasteiger partial charge in [0.15, 0.2) is 5.96 Å². The molecule has 2 N–H and O–H groups in total. The van der Waals surface area contributed by atoms with Gasteiger partial charge >= 0.3 is 0 Å². The lowest BCUT2D eigenvalue weighted by Gasteiger charge is -2.15. The van der Waals surface area contributed by atoms with Crippen LogP contribution in [0.5, 0.6) is 5.75 Å². The summed E-state index contributed by atoms with van der Waals surface area (Å²) in [6, 6.07) is 18.4. The van der Waals surface area contributed by atoms with Crippen LogP contribution >= 0.6 is 24.0 Å². The number of rotatable bonds is 8. The van der Waals surface area contributed by atoms with Gasteiger partial charge in [-0.2, -0.15) is 5.10 Å². The first-order valence-electron chi connectivity index (χ1n) is 10.1. The Labute approximate surface area is 194 Å². The molecule has 0 atom stereocenters. The Bertz CT molecular complexity index is 954. The van der Waals surface area contributed by atoms with Crippen molar-refractivity contribution in [1.29, 1.82) is 0 Å². The third kappa shape index (κ3) is 6.22. The number of aliphatic imine (C=N–C) groups is 1. The fraction of sp³-hybridized carbons (Fsp3) is 0.304. The topological polar surface area (TPSA) is 63.5 Å². The first-order chi connectivity index (χ1) is 14.3. The maximum absolute atomic E-state index is 6.00. The van der Waals surface area contributed by atoms with Crippen LogP contribution in [0.4, 0.5) is 0 Å². The number of hydrogen-bond donors (Lipinski definition) is 2. The molecule has 0 spiro atoms. The highest BCUT2D eigenvalue weighted by molar-refractivity contribution is 14.0. The summed E-state index contributed by atoms with van der Waals surface area (Å²) in [6.45, 7) is 2.15. The van der Waals surface area contributed by atoms with Crippen molar-refractivity contribution < 1.29 is 4.74 Å². The van der Waals surface area contributed by atoms with E-state index in [4.69, 9.17) is 4.74 Å². The lowest BCUT2D eigenvalue weighted by molar-refractivity contribution is 0.296. The number of ether oxygens (including phenoxy) is 1. The quantitative estimate of drug-likeness (QED) is 0.268. The van der Waals surface area contributed by atoms with Gasteiger partial charge < -0.3 is 15.4 Å². The molecule has 1 aliphatic rings. The molecule has 0 amide bonds. The van der Waals surface area contributed by atoms with Gasteiger partial charge in [-0.1, -0.05) is 30.3 Å². The molecule has 2 aromatic carbocycles. The van der Waals surface area contributed by atoms with E-state index >= 15 is 0 Å². The standard InChI is InChI=1S/C23H27N5O.HI/c1-24-23(25-15-19-6-4-8-21(14-19)28-13-5-12-27-28)26-16-20-7-2-3-9-22(20)29-17-18-10-11-18;/h2-9,12-14,18H,10-11,15-17H2,1H3,(H2,24,25,26);1H. The van der Waals surface area contributed by atoms with Crippen LogP contribution in [0.3, 0.4) is 0 Å². The summed E-state index contributed by atoms with van der Waals surface area (Å²) in [5, 5.41) is 11.0. The summed E-state index contributed by atoms with van der Waals surface area (Å²) in [5.74, 6) is 2.45. The van der Waals surface area contributed by atoms with E-state index in [0.717, 1.165) is 41.0 Å². The predicted molar refractivity (Wildman–Crippen MR) is 131 cm³/mol. The highest BCUT2D eigenvalue weighted by atomic mass is 127. The van der Waals surface area contributed by atoms with Crippen LogP contribution in [0.1, 0.15) is 24.0 Å². The van der Waals surface area contributed by atoms with E-state index < -0.39 is 0 Å². The average molecular weight is 517 g/mol. The third-order valence-electron chi connectivity index (χ3n) is 4.95. The normalized spacial score (nSPS) is 13.4. The zero-order valence-electron chi connectivity index (χ0n) is 17.1. The molecule has 0 radical (unpaired) electrons. The minimum absolute atomic E-state index is 0. The van der Waals surface area contributed by atoms with E-state index in [1.165, 1.54) is 12.8 Å². The van der Waals surface area contributed by atoms with Gasteiger partial charge in [0.2, 0.25) is 0 Å². The molecule has 1 saturated carbocycles. The van der Waals surface area contributed by atoms with Gasteiger partial charge in [0.1, 0.15) is 5.75 Å². The number of guanidine groups is 1. The maximum Gasteiger partial charge on any atom is 0.191 e. The van der Waals surface area contributed by atoms with Crippen molar-refractivity contribution in [2.75, 3.05) is 13.7 Å². The van der Waals surface area contributed by atoms with Crippen molar-refractivity contribution in [2.24, 2.45) is 10.9 Å². The van der Waals surface area contributed by atoms with E-state index in [-0.39, 0.29) is 24.0 Å². The van der Waals surface area contributed by atoms with Crippen molar-refractivity contribution in [3.05, 3.63) is 78.1 Å². The molecule has 7 heteroatoms. The highest BCUT2D eigenvalue weighted by Gasteiger charge is 2.22. The number of nitrogens with one attached hydrogen (secondary N) is 2. The Morgan fingerprint density at radius 3 is 2.70 bits per heavy atom. The minimum Gasteiger partial charge on any atom is -0.493 e. The maximum atomic E-state index is 6.00. The molecule has 1 aliphatic carbocycles. The molecule has 1 aromatic heterocycles. The first kappa shape index (κ1) is 22.1. The summed E-state index contributed by atoms with van der Waals surface area (Å²) in [5.41, 5.74) is 3.34. The number of nitrogens with zero attached hydrogens (tertiary/aromatic N) is 3. The molecule has 0 saturated heterocycles. The fourth-order valence-electron chi connectivity index (χ4n) is 3.10. The Hall–Kier alpha value is -2.55. The molecule has 0 aliphatic heterocycles. The van der Waals surface area contributed by atoms with E-state index in [1.54, 1.807) is 13.2 Å². The Balaban J connectivity index is 0.00000256. The number of hydrogen-bond acceptors (Lipinski definition) is 3. The molecule has 0 unspecified atom stereocenters. The minimum atomic E-state index is 0. The molecule has 6 nitrogen and oxygen atoms in total. The summed E-state index contributed by atoms with van der Waals surface area (Å²) < 4.78 is 7.85. The van der Waals surface area contributed by atoms with Gasteiger partial charge in [-0.15, -0.1) is 24.0 Å². The van der Waals surface area contributed by atoms with Crippen molar-refractivity contribution in [3.8, 4) is 11.4 Å². The second-order valence-electron chi connectivity index (χ2n) is 7.26. The number of para-hydroxylation sites is 1. The predicted octanol–water partition coefficient (Wildman–Crippen LogP) is 4.14. The molecule has 3 aromatic rings. The van der Waals surface area contributed by atoms with Gasteiger partial charge in [-0.25, -0.2) is 4.68 Å². The smallest absolute Gasteiger partial charge is 0.191 e. The van der Waals surface area contributed by atoms with Crippen LogP contribution in [0.25, 0.3) is 5.69 Å². The molecule has 1 fully saturated rings. The number of aromatic nitrogens is 2. The van der Waals surface area contributed by atoms with E-state index in [2.05, 4.69) is 38.9 Å². The summed E-state index contributed by atoms with van der Waals surface area (Å²) in [4.78, 5) is 4.34. The van der Waals surface area contributed by atoms with Gasteiger partial charge in [-0.05, 0) is 48.6 Å². The fourth-order valence-corrected chi connectivity index (χ4v) is 3.10. The van der Waals surface area contributed by atoms with Crippen molar-refractivity contribution in [3.63, 3.8) is 0 Å². The van der Waals surface area contributed by atoms with E-state index in [1.807, 2.05) is 47.3 Å². The highest BCUT2D eigenvalue weighted by Crippen LogP contribution is 2.30. The Morgan fingerprint density at radius 2 is 1.93 bits per heavy atom. The van der Waals surface area contributed by atoms with E-state index in [0.29, 0.717) is 13.1 Å². The third-order valence-corrected chi connectivity index (χ3v) is 4.95. The van der Waals surface area contributed by atoms with Crippen LogP contribution in [-0.2, 0) is 13.1 Å². The second-order valence-corrected chi connectivity index (χ2v) is 7.26.